The lowest BCUT2D eigenvalue weighted by Crippen LogP contribution is -2.31. The van der Waals surface area contributed by atoms with Crippen molar-refractivity contribution in [3.63, 3.8) is 0 Å². The molecular weight excluding hydrogens is 537 g/mol. The van der Waals surface area contributed by atoms with E-state index in [0.29, 0.717) is 38.4 Å². The standard InChI is InChI=1S/C31H23Cl2NO5/c1-18-16-27-24(17-26(18)33)28(35)30(29(39-27)23-10-6-7-11-25(23)32)37-19(2)31(36)34-20-12-14-22(15-13-20)38-21-8-4-3-5-9-21/h3-17,19H,1-2H3,(H,34,36). The van der Waals surface area contributed by atoms with Gasteiger partial charge in [-0.1, -0.05) is 53.5 Å². The van der Waals surface area contributed by atoms with Crippen LogP contribution in [0.4, 0.5) is 5.69 Å². The van der Waals surface area contributed by atoms with Crippen molar-refractivity contribution in [2.24, 2.45) is 0 Å². The number of para-hydroxylation sites is 1. The lowest BCUT2D eigenvalue weighted by atomic mass is 10.1. The van der Waals surface area contributed by atoms with E-state index in [0.717, 1.165) is 5.56 Å². The second kappa shape index (κ2) is 11.2. The summed E-state index contributed by atoms with van der Waals surface area (Å²) in [7, 11) is 0. The highest BCUT2D eigenvalue weighted by atomic mass is 35.5. The van der Waals surface area contributed by atoms with Crippen LogP contribution in [0.2, 0.25) is 10.0 Å². The molecule has 1 N–H and O–H groups in total. The average Bonchev–Trinajstić information content (AvgIpc) is 2.93. The van der Waals surface area contributed by atoms with Gasteiger partial charge < -0.3 is 19.2 Å². The van der Waals surface area contributed by atoms with E-state index in [9.17, 15) is 9.59 Å². The molecular formula is C31H23Cl2NO5. The summed E-state index contributed by atoms with van der Waals surface area (Å²) < 4.78 is 17.9. The van der Waals surface area contributed by atoms with E-state index in [1.54, 1.807) is 61.5 Å². The minimum atomic E-state index is -1.05. The Labute approximate surface area is 234 Å². The molecule has 1 unspecified atom stereocenters. The van der Waals surface area contributed by atoms with Crippen LogP contribution < -0.4 is 20.2 Å². The first-order valence-corrected chi connectivity index (χ1v) is 12.9. The van der Waals surface area contributed by atoms with Crippen LogP contribution in [-0.2, 0) is 4.79 Å². The normalized spacial score (nSPS) is 11.7. The van der Waals surface area contributed by atoms with Gasteiger partial charge in [-0.05, 0) is 80.1 Å². The summed E-state index contributed by atoms with van der Waals surface area (Å²) in [6, 6.07) is 26.4. The molecule has 1 amide bonds. The number of halogens is 2. The minimum absolute atomic E-state index is 0.127. The molecule has 0 aliphatic heterocycles. The van der Waals surface area contributed by atoms with Crippen LogP contribution in [0.1, 0.15) is 12.5 Å². The van der Waals surface area contributed by atoms with Crippen LogP contribution in [0.15, 0.2) is 100 Å². The predicted octanol–water partition coefficient (Wildman–Crippen LogP) is 8.27. The summed E-state index contributed by atoms with van der Waals surface area (Å²) in [5.74, 6) is 0.858. The van der Waals surface area contributed by atoms with E-state index >= 15 is 0 Å². The number of carbonyl (C=O) groups is 1. The maximum atomic E-state index is 13.6. The lowest BCUT2D eigenvalue weighted by molar-refractivity contribution is -0.122. The number of hydrogen-bond acceptors (Lipinski definition) is 5. The van der Waals surface area contributed by atoms with Crippen molar-refractivity contribution in [2.45, 2.75) is 20.0 Å². The largest absolute Gasteiger partial charge is 0.473 e. The number of rotatable bonds is 7. The van der Waals surface area contributed by atoms with Crippen LogP contribution in [0.5, 0.6) is 17.2 Å². The van der Waals surface area contributed by atoms with E-state index in [2.05, 4.69) is 5.32 Å². The summed E-state index contributed by atoms with van der Waals surface area (Å²) in [4.78, 5) is 26.6. The Morgan fingerprint density at radius 2 is 1.54 bits per heavy atom. The molecule has 39 heavy (non-hydrogen) atoms. The van der Waals surface area contributed by atoms with Crippen molar-refractivity contribution in [3.8, 4) is 28.6 Å². The molecule has 0 saturated carbocycles. The number of hydrogen-bond donors (Lipinski definition) is 1. The Balaban J connectivity index is 1.41. The number of aryl methyl sites for hydroxylation is 1. The molecule has 0 aliphatic carbocycles. The Kier molecular flexibility index (Phi) is 7.59. The fourth-order valence-electron chi connectivity index (χ4n) is 3.93. The maximum Gasteiger partial charge on any atom is 0.265 e. The Hall–Kier alpha value is -4.26. The first-order valence-electron chi connectivity index (χ1n) is 12.1. The van der Waals surface area contributed by atoms with E-state index in [1.807, 2.05) is 37.3 Å². The third-order valence-electron chi connectivity index (χ3n) is 6.01. The molecule has 0 saturated heterocycles. The summed E-state index contributed by atoms with van der Waals surface area (Å²) in [5.41, 5.74) is 1.62. The predicted molar refractivity (Wildman–Crippen MR) is 154 cm³/mol. The van der Waals surface area contributed by atoms with Gasteiger partial charge in [-0.25, -0.2) is 0 Å². The molecule has 8 heteroatoms. The Bertz CT molecular complexity index is 1720. The van der Waals surface area contributed by atoms with Gasteiger partial charge in [0.1, 0.15) is 17.1 Å². The molecule has 1 atom stereocenters. The number of fused-ring (bicyclic) bond motifs is 1. The zero-order valence-corrected chi connectivity index (χ0v) is 22.5. The monoisotopic (exact) mass is 559 g/mol. The second-order valence-corrected chi connectivity index (χ2v) is 9.67. The highest BCUT2D eigenvalue weighted by Gasteiger charge is 2.24. The van der Waals surface area contributed by atoms with Crippen molar-refractivity contribution in [1.82, 2.24) is 0 Å². The zero-order chi connectivity index (χ0) is 27.5. The van der Waals surface area contributed by atoms with Gasteiger partial charge in [-0.2, -0.15) is 0 Å². The molecule has 1 aromatic heterocycles. The maximum absolute atomic E-state index is 13.6. The van der Waals surface area contributed by atoms with Crippen LogP contribution in [0.3, 0.4) is 0 Å². The van der Waals surface area contributed by atoms with Crippen molar-refractivity contribution in [1.29, 1.82) is 0 Å². The molecule has 0 bridgehead atoms. The summed E-state index contributed by atoms with van der Waals surface area (Å²) in [5, 5.41) is 3.81. The molecule has 0 aliphatic rings. The smallest absolute Gasteiger partial charge is 0.265 e. The molecule has 6 nitrogen and oxygen atoms in total. The van der Waals surface area contributed by atoms with Gasteiger partial charge in [-0.3, -0.25) is 9.59 Å². The van der Waals surface area contributed by atoms with Crippen LogP contribution in [0, 0.1) is 6.92 Å². The number of nitrogens with one attached hydrogen (secondary N) is 1. The summed E-state index contributed by atoms with van der Waals surface area (Å²) in [6.07, 6.45) is -1.05. The first kappa shape index (κ1) is 26.4. The van der Waals surface area contributed by atoms with Gasteiger partial charge in [0.05, 0.1) is 10.4 Å². The van der Waals surface area contributed by atoms with Crippen molar-refractivity contribution < 1.29 is 18.7 Å². The van der Waals surface area contributed by atoms with Crippen LogP contribution >= 0.6 is 23.2 Å². The molecule has 0 spiro atoms. The zero-order valence-electron chi connectivity index (χ0n) is 21.0. The van der Waals surface area contributed by atoms with Crippen molar-refractivity contribution in [3.05, 3.63) is 117 Å². The fourth-order valence-corrected chi connectivity index (χ4v) is 4.32. The quantitative estimate of drug-likeness (QED) is 0.217. The van der Waals surface area contributed by atoms with E-state index < -0.39 is 17.4 Å². The van der Waals surface area contributed by atoms with Gasteiger partial charge in [0.2, 0.25) is 11.2 Å². The number of amides is 1. The highest BCUT2D eigenvalue weighted by molar-refractivity contribution is 6.33. The number of benzene rings is 4. The van der Waals surface area contributed by atoms with Gasteiger partial charge in [0.25, 0.3) is 5.91 Å². The van der Waals surface area contributed by atoms with E-state index in [4.69, 9.17) is 37.1 Å². The third kappa shape index (κ3) is 5.77. The number of anilines is 1. The second-order valence-electron chi connectivity index (χ2n) is 8.86. The van der Waals surface area contributed by atoms with Crippen LogP contribution in [0.25, 0.3) is 22.3 Å². The SMILES string of the molecule is Cc1cc2oc(-c3ccccc3Cl)c(OC(C)C(=O)Nc3ccc(Oc4ccccc4)cc3)c(=O)c2cc1Cl. The molecule has 5 rings (SSSR count). The first-order chi connectivity index (χ1) is 18.8. The molecule has 0 radical (unpaired) electrons. The minimum Gasteiger partial charge on any atom is -0.473 e. The van der Waals surface area contributed by atoms with E-state index in [1.165, 1.54) is 6.07 Å². The van der Waals surface area contributed by atoms with Crippen LogP contribution in [-0.4, -0.2) is 12.0 Å². The summed E-state index contributed by atoms with van der Waals surface area (Å²) >= 11 is 12.7. The van der Waals surface area contributed by atoms with E-state index in [-0.39, 0.29) is 16.9 Å². The van der Waals surface area contributed by atoms with Gasteiger partial charge in [0, 0.05) is 16.3 Å². The van der Waals surface area contributed by atoms with Crippen molar-refractivity contribution >= 4 is 45.8 Å². The molecule has 196 valence electrons. The Morgan fingerprint density at radius 3 is 2.26 bits per heavy atom. The van der Waals surface area contributed by atoms with Gasteiger partial charge in [-0.15, -0.1) is 0 Å². The average molecular weight is 560 g/mol. The fraction of sp³-hybridized carbons (Fsp3) is 0.0968. The van der Waals surface area contributed by atoms with Gasteiger partial charge >= 0.3 is 0 Å². The van der Waals surface area contributed by atoms with Crippen molar-refractivity contribution in [2.75, 3.05) is 5.32 Å². The molecule has 1 heterocycles. The topological polar surface area (TPSA) is 77.8 Å². The molecule has 4 aromatic carbocycles. The summed E-state index contributed by atoms with van der Waals surface area (Å²) in [6.45, 7) is 3.36. The Morgan fingerprint density at radius 1 is 0.872 bits per heavy atom. The highest BCUT2D eigenvalue weighted by Crippen LogP contribution is 2.36. The number of carbonyl (C=O) groups excluding carboxylic acids is 1. The number of ether oxygens (including phenoxy) is 2. The third-order valence-corrected chi connectivity index (χ3v) is 6.75. The molecule has 0 fully saturated rings. The molecule has 5 aromatic rings. The van der Waals surface area contributed by atoms with Gasteiger partial charge in [0.15, 0.2) is 11.9 Å². The lowest BCUT2D eigenvalue weighted by Gasteiger charge is -2.17.